The van der Waals surface area contributed by atoms with E-state index >= 15 is 0 Å². The molecule has 138 valence electrons. The van der Waals surface area contributed by atoms with E-state index in [4.69, 9.17) is 14.0 Å². The maximum absolute atomic E-state index is 13.9. The molecule has 1 unspecified atom stereocenters. The van der Waals surface area contributed by atoms with E-state index in [0.29, 0.717) is 18.9 Å². The first-order valence-electron chi connectivity index (χ1n) is 8.90. The van der Waals surface area contributed by atoms with Gasteiger partial charge in [0, 0.05) is 12.5 Å². The molecule has 0 bridgehead atoms. The van der Waals surface area contributed by atoms with Crippen LogP contribution in [0.15, 0.2) is 42.5 Å². The molecule has 26 heavy (non-hydrogen) atoms. The summed E-state index contributed by atoms with van der Waals surface area (Å²) in [7, 11) is 0.227. The van der Waals surface area contributed by atoms with Crippen molar-refractivity contribution in [3.8, 4) is 11.5 Å². The molecule has 0 spiro atoms. The van der Waals surface area contributed by atoms with Crippen LogP contribution in [0.4, 0.5) is 0 Å². The predicted octanol–water partition coefficient (Wildman–Crippen LogP) is 2.72. The highest BCUT2D eigenvalue weighted by atomic mass is 31.2. The lowest BCUT2D eigenvalue weighted by atomic mass is 9.87. The molecule has 6 heteroatoms. The topological polar surface area (TPSA) is 54.0 Å². The van der Waals surface area contributed by atoms with Gasteiger partial charge in [0.15, 0.2) is 11.5 Å². The summed E-state index contributed by atoms with van der Waals surface area (Å²) in [5.41, 5.74) is 2.40. The Bertz CT molecular complexity index is 800. The van der Waals surface area contributed by atoms with Gasteiger partial charge >= 0.3 is 0 Å². The van der Waals surface area contributed by atoms with E-state index in [1.54, 1.807) is 14.2 Å². The molecule has 0 radical (unpaired) electrons. The lowest BCUT2D eigenvalue weighted by molar-refractivity contribution is -0.213. The number of hydrogen-bond donors (Lipinski definition) is 0. The Morgan fingerprint density at radius 3 is 2.50 bits per heavy atom. The van der Waals surface area contributed by atoms with E-state index in [-0.39, 0.29) is 12.0 Å². The van der Waals surface area contributed by atoms with Gasteiger partial charge in [-0.25, -0.2) is 4.52 Å². The molecule has 2 aromatic carbocycles. The summed E-state index contributed by atoms with van der Waals surface area (Å²) in [6.45, 7) is 3.32. The first kappa shape index (κ1) is 17.7. The summed E-state index contributed by atoms with van der Waals surface area (Å²) < 4.78 is 19.0. The van der Waals surface area contributed by atoms with Crippen molar-refractivity contribution >= 4 is 13.2 Å². The molecule has 5 nitrogen and oxygen atoms in total. The molecule has 1 saturated heterocycles. The standard InChI is InChI=1S/C20H24NO4P/c1-14-13-25-26(22,16-7-5-4-6-8-16)21-10-9-15-11-18(23-2)19(24-3)12-17(15)20(14)21/h4-8,11-12,14,20H,9-10,13H2,1-3H3/t14-,20-,26?/m1/s1. The van der Waals surface area contributed by atoms with E-state index in [9.17, 15) is 4.89 Å². The Kier molecular flexibility index (Phi) is 4.66. The van der Waals surface area contributed by atoms with Crippen molar-refractivity contribution in [1.29, 1.82) is 0 Å². The smallest absolute Gasteiger partial charge is 0.208 e. The fourth-order valence-electron chi connectivity index (χ4n) is 4.08. The number of methoxy groups -OCH3 is 2. The normalized spacial score (nSPS) is 28.2. The lowest BCUT2D eigenvalue weighted by Crippen LogP contribution is -2.50. The Morgan fingerprint density at radius 2 is 1.81 bits per heavy atom. The zero-order chi connectivity index (χ0) is 18.3. The molecular formula is C20H24NO4P. The summed E-state index contributed by atoms with van der Waals surface area (Å²) in [5, 5.41) is 0.765. The minimum atomic E-state index is -3.07. The molecular weight excluding hydrogens is 349 g/mol. The third kappa shape index (κ3) is 2.71. The van der Waals surface area contributed by atoms with Crippen LogP contribution in [-0.2, 0) is 10.9 Å². The van der Waals surface area contributed by atoms with Crippen molar-refractivity contribution in [2.45, 2.75) is 19.4 Å². The predicted molar refractivity (Wildman–Crippen MR) is 101 cm³/mol. The van der Waals surface area contributed by atoms with E-state index in [2.05, 4.69) is 17.7 Å². The molecule has 2 heterocycles. The van der Waals surface area contributed by atoms with Gasteiger partial charge in [0.2, 0.25) is 7.87 Å². The SMILES string of the molecule is COc1cc2c(cc1OC)[C@H]1[C@H](C)CO[P+]([O-])(c3ccccc3)N1CC2. The Labute approximate surface area is 155 Å². The van der Waals surface area contributed by atoms with Gasteiger partial charge in [0.25, 0.3) is 0 Å². The number of nitrogens with zero attached hydrogens (tertiary/aromatic N) is 1. The number of benzene rings is 2. The van der Waals surface area contributed by atoms with Crippen LogP contribution >= 0.6 is 7.87 Å². The van der Waals surface area contributed by atoms with Crippen molar-refractivity contribution in [2.24, 2.45) is 5.92 Å². The highest BCUT2D eigenvalue weighted by Crippen LogP contribution is 2.63. The maximum Gasteiger partial charge on any atom is 0.208 e. The monoisotopic (exact) mass is 373 g/mol. The van der Waals surface area contributed by atoms with E-state index in [1.807, 2.05) is 36.4 Å². The van der Waals surface area contributed by atoms with Gasteiger partial charge in [0.05, 0.1) is 26.9 Å². The highest BCUT2D eigenvalue weighted by molar-refractivity contribution is 7.69. The van der Waals surface area contributed by atoms with Gasteiger partial charge in [-0.15, -0.1) is 4.67 Å². The Hall–Kier alpha value is -1.65. The molecule has 2 aliphatic rings. The molecule has 4 rings (SSSR count). The minimum Gasteiger partial charge on any atom is -0.637 e. The van der Waals surface area contributed by atoms with Gasteiger partial charge in [-0.1, -0.05) is 25.1 Å². The third-order valence-electron chi connectivity index (χ3n) is 5.37. The second-order valence-electron chi connectivity index (χ2n) is 6.89. The van der Waals surface area contributed by atoms with Crippen LogP contribution in [0.1, 0.15) is 24.1 Å². The molecule has 2 aliphatic heterocycles. The van der Waals surface area contributed by atoms with Crippen molar-refractivity contribution in [3.05, 3.63) is 53.6 Å². The van der Waals surface area contributed by atoms with Crippen molar-refractivity contribution in [2.75, 3.05) is 27.4 Å². The average Bonchev–Trinajstić information content (AvgIpc) is 2.69. The zero-order valence-electron chi connectivity index (χ0n) is 15.3. The molecule has 0 amide bonds. The van der Waals surface area contributed by atoms with E-state index in [0.717, 1.165) is 17.5 Å². The first-order chi connectivity index (χ1) is 12.6. The second-order valence-corrected chi connectivity index (χ2v) is 9.22. The second kappa shape index (κ2) is 6.82. The largest absolute Gasteiger partial charge is 0.637 e. The summed E-state index contributed by atoms with van der Waals surface area (Å²) >= 11 is 0. The Morgan fingerprint density at radius 1 is 1.12 bits per heavy atom. The van der Waals surface area contributed by atoms with Gasteiger partial charge in [-0.05, 0) is 41.8 Å². The fourth-order valence-corrected chi connectivity index (χ4v) is 6.71. The van der Waals surface area contributed by atoms with Crippen molar-refractivity contribution in [1.82, 2.24) is 4.67 Å². The van der Waals surface area contributed by atoms with Gasteiger partial charge in [-0.3, -0.25) is 0 Å². The summed E-state index contributed by atoms with van der Waals surface area (Å²) in [6, 6.07) is 13.7. The van der Waals surface area contributed by atoms with Crippen LogP contribution in [0.25, 0.3) is 0 Å². The van der Waals surface area contributed by atoms with E-state index < -0.39 is 7.87 Å². The molecule has 1 fully saturated rings. The lowest BCUT2D eigenvalue weighted by Gasteiger charge is -2.50. The quantitative estimate of drug-likeness (QED) is 0.775. The van der Waals surface area contributed by atoms with Crippen LogP contribution in [0.2, 0.25) is 0 Å². The summed E-state index contributed by atoms with van der Waals surface area (Å²) in [6.07, 6.45) is 0.805. The van der Waals surface area contributed by atoms with Crippen molar-refractivity contribution in [3.63, 3.8) is 0 Å². The number of fused-ring (bicyclic) bond motifs is 3. The fraction of sp³-hybridized carbons (Fsp3) is 0.400. The average molecular weight is 373 g/mol. The molecule has 0 saturated carbocycles. The van der Waals surface area contributed by atoms with Gasteiger partial charge < -0.3 is 14.4 Å². The van der Waals surface area contributed by atoms with Crippen LogP contribution in [0.5, 0.6) is 11.5 Å². The highest BCUT2D eigenvalue weighted by Gasteiger charge is 2.52. The van der Waals surface area contributed by atoms with Crippen LogP contribution < -0.4 is 19.7 Å². The number of rotatable bonds is 3. The minimum absolute atomic E-state index is 0.0401. The molecule has 2 aromatic rings. The van der Waals surface area contributed by atoms with Crippen LogP contribution in [-0.4, -0.2) is 32.0 Å². The zero-order valence-corrected chi connectivity index (χ0v) is 16.2. The summed E-state index contributed by atoms with van der Waals surface area (Å²) in [4.78, 5) is 13.9. The molecule has 0 aromatic heterocycles. The van der Waals surface area contributed by atoms with Crippen LogP contribution in [0.3, 0.4) is 0 Å². The number of ether oxygens (including phenoxy) is 2. The number of hydrogen-bond acceptors (Lipinski definition) is 5. The van der Waals surface area contributed by atoms with Gasteiger partial charge in [-0.2, -0.15) is 0 Å². The molecule has 0 N–H and O–H groups in total. The molecule has 3 atom stereocenters. The van der Waals surface area contributed by atoms with Crippen molar-refractivity contribution < 1.29 is 18.9 Å². The van der Waals surface area contributed by atoms with Gasteiger partial charge in [0.1, 0.15) is 5.30 Å². The first-order valence-corrected chi connectivity index (χ1v) is 10.5. The molecule has 0 aliphatic carbocycles. The summed E-state index contributed by atoms with van der Waals surface area (Å²) in [5.74, 6) is 1.69. The van der Waals surface area contributed by atoms with E-state index in [1.165, 1.54) is 11.1 Å². The Balaban J connectivity index is 1.81. The maximum atomic E-state index is 13.9. The van der Waals surface area contributed by atoms with Crippen LogP contribution in [0, 0.1) is 5.92 Å². The third-order valence-corrected chi connectivity index (χ3v) is 7.94.